The number of nitrogens with two attached hydrogens (primary N) is 1. The van der Waals surface area contributed by atoms with E-state index in [-0.39, 0.29) is 0 Å². The first-order valence-electron chi connectivity index (χ1n) is 6.62. The summed E-state index contributed by atoms with van der Waals surface area (Å²) in [5.41, 5.74) is 4.56. The number of nitrogens with zero attached hydrogens (tertiary/aromatic N) is 1. The Bertz CT molecular complexity index is 570. The average Bonchev–Trinajstić information content (AvgIpc) is 2.37. The Kier molecular flexibility index (Phi) is 4.33. The quantitative estimate of drug-likeness (QED) is 0.565. The van der Waals surface area contributed by atoms with Crippen LogP contribution in [0.1, 0.15) is 24.0 Å². The van der Waals surface area contributed by atoms with Gasteiger partial charge in [-0.2, -0.15) is 4.31 Å². The number of anilines is 1. The maximum Gasteiger partial charge on any atom is 0.243 e. The first-order valence-corrected chi connectivity index (χ1v) is 8.06. The van der Waals surface area contributed by atoms with Gasteiger partial charge in [0.25, 0.3) is 0 Å². The summed E-state index contributed by atoms with van der Waals surface area (Å²) < 4.78 is 26.9. The molecule has 1 aliphatic heterocycles. The number of benzene rings is 1. The van der Waals surface area contributed by atoms with Crippen LogP contribution in [-0.2, 0) is 10.0 Å². The summed E-state index contributed by atoms with van der Waals surface area (Å²) in [6, 6.07) is 3.44. The third-order valence-electron chi connectivity index (χ3n) is 3.65. The smallest absolute Gasteiger partial charge is 0.243 e. The standard InChI is InChI=1S/C13H21N3O3S/c1-9-7-11(15-14)8-10(2)13(9)20(18,19)16-5-3-12(17)4-6-16/h7-8,12,15,17H,3-6,14H2,1-2H3. The number of hydrogen-bond donors (Lipinski definition) is 3. The predicted octanol–water partition coefficient (Wildman–Crippen LogP) is 0.734. The lowest BCUT2D eigenvalue weighted by atomic mass is 10.1. The number of hydrazine groups is 1. The molecule has 7 heteroatoms. The number of aliphatic hydroxyl groups is 1. The number of aryl methyl sites for hydroxylation is 2. The van der Waals surface area contributed by atoms with Gasteiger partial charge in [0.1, 0.15) is 0 Å². The number of hydrogen-bond acceptors (Lipinski definition) is 5. The number of sulfonamides is 1. The van der Waals surface area contributed by atoms with Crippen LogP contribution in [0, 0.1) is 13.8 Å². The Morgan fingerprint density at radius 1 is 1.25 bits per heavy atom. The molecule has 0 spiro atoms. The van der Waals surface area contributed by atoms with Gasteiger partial charge in [-0.1, -0.05) is 0 Å². The largest absolute Gasteiger partial charge is 0.393 e. The van der Waals surface area contributed by atoms with E-state index < -0.39 is 16.1 Å². The second kappa shape index (κ2) is 5.69. The van der Waals surface area contributed by atoms with Gasteiger partial charge in [-0.05, 0) is 49.9 Å². The molecule has 2 rings (SSSR count). The molecule has 0 amide bonds. The van der Waals surface area contributed by atoms with Crippen molar-refractivity contribution in [2.75, 3.05) is 18.5 Å². The first-order chi connectivity index (χ1) is 9.36. The highest BCUT2D eigenvalue weighted by Crippen LogP contribution is 2.28. The van der Waals surface area contributed by atoms with Gasteiger partial charge in [0.2, 0.25) is 10.0 Å². The van der Waals surface area contributed by atoms with E-state index in [0.717, 1.165) is 0 Å². The second-order valence-electron chi connectivity index (χ2n) is 5.22. The van der Waals surface area contributed by atoms with Crippen LogP contribution in [0.25, 0.3) is 0 Å². The normalized spacial score (nSPS) is 18.2. The number of rotatable bonds is 3. The fourth-order valence-corrected chi connectivity index (χ4v) is 4.53. The summed E-state index contributed by atoms with van der Waals surface area (Å²) in [5, 5.41) is 9.50. The molecule has 0 saturated carbocycles. The third-order valence-corrected chi connectivity index (χ3v) is 5.85. The van der Waals surface area contributed by atoms with Gasteiger partial charge >= 0.3 is 0 Å². The lowest BCUT2D eigenvalue weighted by molar-refractivity contribution is 0.113. The Morgan fingerprint density at radius 2 is 1.75 bits per heavy atom. The lowest BCUT2D eigenvalue weighted by Gasteiger charge is -2.29. The molecule has 1 aromatic carbocycles. The van der Waals surface area contributed by atoms with Crippen molar-refractivity contribution in [3.8, 4) is 0 Å². The zero-order chi connectivity index (χ0) is 14.9. The van der Waals surface area contributed by atoms with E-state index in [0.29, 0.717) is 47.6 Å². The number of nitrogens with one attached hydrogen (secondary N) is 1. The Hall–Kier alpha value is -1.15. The molecule has 0 aromatic heterocycles. The molecule has 0 unspecified atom stereocenters. The molecule has 0 bridgehead atoms. The van der Waals surface area contributed by atoms with Crippen molar-refractivity contribution < 1.29 is 13.5 Å². The zero-order valence-corrected chi connectivity index (χ0v) is 12.6. The second-order valence-corrected chi connectivity index (χ2v) is 7.09. The van der Waals surface area contributed by atoms with E-state index in [9.17, 15) is 13.5 Å². The highest BCUT2D eigenvalue weighted by atomic mass is 32.2. The van der Waals surface area contributed by atoms with E-state index in [4.69, 9.17) is 5.84 Å². The summed E-state index contributed by atoms with van der Waals surface area (Å²) >= 11 is 0. The van der Waals surface area contributed by atoms with E-state index >= 15 is 0 Å². The van der Waals surface area contributed by atoms with Crippen molar-refractivity contribution in [1.29, 1.82) is 0 Å². The first kappa shape index (κ1) is 15.2. The molecular formula is C13H21N3O3S. The minimum atomic E-state index is -3.52. The Morgan fingerprint density at radius 3 is 2.20 bits per heavy atom. The van der Waals surface area contributed by atoms with Crippen LogP contribution in [0.2, 0.25) is 0 Å². The third kappa shape index (κ3) is 2.80. The summed E-state index contributed by atoms with van der Waals surface area (Å²) in [4.78, 5) is 0.341. The molecular weight excluding hydrogens is 278 g/mol. The monoisotopic (exact) mass is 299 g/mol. The average molecular weight is 299 g/mol. The summed E-state index contributed by atoms with van der Waals surface area (Å²) in [6.45, 7) is 4.25. The van der Waals surface area contributed by atoms with Crippen molar-refractivity contribution in [3.63, 3.8) is 0 Å². The molecule has 6 nitrogen and oxygen atoms in total. The topological polar surface area (TPSA) is 95.7 Å². The van der Waals surface area contributed by atoms with Gasteiger partial charge in [0.15, 0.2) is 0 Å². The van der Waals surface area contributed by atoms with Crippen molar-refractivity contribution in [2.24, 2.45) is 5.84 Å². The highest BCUT2D eigenvalue weighted by molar-refractivity contribution is 7.89. The molecule has 1 aliphatic rings. The van der Waals surface area contributed by atoms with E-state index in [1.165, 1.54) is 4.31 Å². The minimum Gasteiger partial charge on any atom is -0.393 e. The summed E-state index contributed by atoms with van der Waals surface area (Å²) in [5.74, 6) is 5.37. The van der Waals surface area contributed by atoms with Crippen molar-refractivity contribution in [3.05, 3.63) is 23.3 Å². The molecule has 112 valence electrons. The maximum absolute atomic E-state index is 12.7. The van der Waals surface area contributed by atoms with Crippen LogP contribution < -0.4 is 11.3 Å². The van der Waals surface area contributed by atoms with Gasteiger partial charge in [-0.15, -0.1) is 0 Å². The fourth-order valence-electron chi connectivity index (χ4n) is 2.65. The molecule has 1 fully saturated rings. The summed E-state index contributed by atoms with van der Waals surface area (Å²) in [7, 11) is -3.52. The van der Waals surface area contributed by atoms with E-state index in [1.807, 2.05) is 0 Å². The van der Waals surface area contributed by atoms with Crippen LogP contribution >= 0.6 is 0 Å². The molecule has 4 N–H and O–H groups in total. The molecule has 0 aliphatic carbocycles. The Balaban J connectivity index is 2.39. The van der Waals surface area contributed by atoms with Crippen LogP contribution in [0.4, 0.5) is 5.69 Å². The molecule has 1 saturated heterocycles. The zero-order valence-electron chi connectivity index (χ0n) is 11.8. The maximum atomic E-state index is 12.7. The van der Waals surface area contributed by atoms with Crippen LogP contribution in [0.15, 0.2) is 17.0 Å². The lowest BCUT2D eigenvalue weighted by Crippen LogP contribution is -2.40. The fraction of sp³-hybridized carbons (Fsp3) is 0.538. The van der Waals surface area contributed by atoms with Crippen LogP contribution in [0.3, 0.4) is 0 Å². The van der Waals surface area contributed by atoms with Crippen LogP contribution in [-0.4, -0.2) is 37.0 Å². The van der Waals surface area contributed by atoms with Gasteiger partial charge in [0, 0.05) is 18.8 Å². The van der Waals surface area contributed by atoms with Gasteiger partial charge in [-0.3, -0.25) is 5.84 Å². The van der Waals surface area contributed by atoms with Crippen molar-refractivity contribution in [1.82, 2.24) is 4.31 Å². The molecule has 1 aromatic rings. The van der Waals surface area contributed by atoms with Crippen molar-refractivity contribution in [2.45, 2.75) is 37.7 Å². The van der Waals surface area contributed by atoms with Crippen molar-refractivity contribution >= 4 is 15.7 Å². The molecule has 0 radical (unpaired) electrons. The van der Waals surface area contributed by atoms with E-state index in [2.05, 4.69) is 5.43 Å². The number of nitrogen functional groups attached to an aromatic ring is 1. The van der Waals surface area contributed by atoms with Gasteiger partial charge in [-0.25, -0.2) is 8.42 Å². The van der Waals surface area contributed by atoms with Gasteiger partial charge < -0.3 is 10.5 Å². The van der Waals surface area contributed by atoms with Crippen LogP contribution in [0.5, 0.6) is 0 Å². The molecule has 1 heterocycles. The Labute approximate surface area is 119 Å². The predicted molar refractivity (Wildman–Crippen MR) is 77.7 cm³/mol. The number of aliphatic hydroxyl groups excluding tert-OH is 1. The molecule has 20 heavy (non-hydrogen) atoms. The minimum absolute atomic E-state index is 0.341. The highest BCUT2D eigenvalue weighted by Gasteiger charge is 2.31. The van der Waals surface area contributed by atoms with Gasteiger partial charge in [0.05, 0.1) is 11.0 Å². The molecule has 0 atom stereocenters. The summed E-state index contributed by atoms with van der Waals surface area (Å²) in [6.07, 6.45) is 0.576. The SMILES string of the molecule is Cc1cc(NN)cc(C)c1S(=O)(=O)N1CCC(O)CC1. The van der Waals surface area contributed by atoms with E-state index in [1.54, 1.807) is 26.0 Å². The number of piperidine rings is 1.